The Morgan fingerprint density at radius 3 is 3.00 bits per heavy atom. The van der Waals surface area contributed by atoms with Gasteiger partial charge in [-0.25, -0.2) is 4.79 Å². The van der Waals surface area contributed by atoms with Crippen LogP contribution in [0.15, 0.2) is 36.7 Å². The Balaban J connectivity index is 2.24. The number of carboxylic acids is 1. The highest BCUT2D eigenvalue weighted by atomic mass is 16.4. The first-order valence-electron chi connectivity index (χ1n) is 5.49. The molecule has 0 saturated heterocycles. The zero-order valence-corrected chi connectivity index (χ0v) is 9.71. The quantitative estimate of drug-likeness (QED) is 0.723. The SMILES string of the molecule is Cn1ncc(C(=O)O)c1-c1ccc2cc[nH]c2c1. The molecule has 0 amide bonds. The van der Waals surface area contributed by atoms with Gasteiger partial charge in [0.15, 0.2) is 0 Å². The molecule has 1 aromatic carbocycles. The van der Waals surface area contributed by atoms with E-state index in [1.165, 1.54) is 6.20 Å². The molecule has 0 radical (unpaired) electrons. The van der Waals surface area contributed by atoms with E-state index in [0.717, 1.165) is 16.5 Å². The van der Waals surface area contributed by atoms with Crippen molar-refractivity contribution >= 4 is 16.9 Å². The van der Waals surface area contributed by atoms with Crippen LogP contribution < -0.4 is 0 Å². The lowest BCUT2D eigenvalue weighted by Crippen LogP contribution is -2.00. The molecule has 5 nitrogen and oxygen atoms in total. The molecule has 2 heterocycles. The van der Waals surface area contributed by atoms with Gasteiger partial charge in [0.25, 0.3) is 0 Å². The highest BCUT2D eigenvalue weighted by Gasteiger charge is 2.16. The first-order valence-corrected chi connectivity index (χ1v) is 5.49. The minimum atomic E-state index is -0.968. The standard InChI is InChI=1S/C13H11N3O2/c1-16-12(10(7-15-16)13(17)18)9-3-2-8-4-5-14-11(8)6-9/h2-7,14H,1H3,(H,17,18). The predicted octanol–water partition coefficient (Wildman–Crippen LogP) is 2.27. The highest BCUT2D eigenvalue weighted by molar-refractivity contribution is 5.96. The van der Waals surface area contributed by atoms with E-state index in [4.69, 9.17) is 5.11 Å². The third kappa shape index (κ3) is 1.48. The molecule has 0 atom stereocenters. The first kappa shape index (κ1) is 10.6. The van der Waals surface area contributed by atoms with Crippen molar-refractivity contribution in [1.29, 1.82) is 0 Å². The smallest absolute Gasteiger partial charge is 0.339 e. The second-order valence-electron chi connectivity index (χ2n) is 4.12. The van der Waals surface area contributed by atoms with Crippen LogP contribution in [0.5, 0.6) is 0 Å². The fourth-order valence-corrected chi connectivity index (χ4v) is 2.13. The molecule has 3 aromatic rings. The Bertz CT molecular complexity index is 740. The van der Waals surface area contributed by atoms with E-state index in [2.05, 4.69) is 10.1 Å². The molecule has 0 spiro atoms. The normalized spacial score (nSPS) is 10.9. The average molecular weight is 241 g/mol. The number of nitrogens with zero attached hydrogens (tertiary/aromatic N) is 2. The van der Waals surface area contributed by atoms with Gasteiger partial charge >= 0.3 is 5.97 Å². The van der Waals surface area contributed by atoms with Gasteiger partial charge in [-0.15, -0.1) is 0 Å². The minimum absolute atomic E-state index is 0.211. The molecule has 0 unspecified atom stereocenters. The van der Waals surface area contributed by atoms with E-state index in [1.807, 2.05) is 30.5 Å². The van der Waals surface area contributed by atoms with Gasteiger partial charge in [-0.3, -0.25) is 4.68 Å². The number of hydrogen-bond donors (Lipinski definition) is 2. The lowest BCUT2D eigenvalue weighted by atomic mass is 10.1. The molecule has 2 aromatic heterocycles. The number of aromatic amines is 1. The van der Waals surface area contributed by atoms with Crippen molar-refractivity contribution < 1.29 is 9.90 Å². The maximum Gasteiger partial charge on any atom is 0.339 e. The number of nitrogens with one attached hydrogen (secondary N) is 1. The van der Waals surface area contributed by atoms with Crippen molar-refractivity contribution in [2.45, 2.75) is 0 Å². The Kier molecular flexibility index (Phi) is 2.19. The maximum atomic E-state index is 11.2. The van der Waals surface area contributed by atoms with Crippen LogP contribution in [0.2, 0.25) is 0 Å². The van der Waals surface area contributed by atoms with Crippen molar-refractivity contribution in [3.05, 3.63) is 42.2 Å². The molecule has 18 heavy (non-hydrogen) atoms. The largest absolute Gasteiger partial charge is 0.478 e. The fourth-order valence-electron chi connectivity index (χ4n) is 2.13. The predicted molar refractivity (Wildman–Crippen MR) is 67.5 cm³/mol. The number of aryl methyl sites for hydroxylation is 1. The summed E-state index contributed by atoms with van der Waals surface area (Å²) in [5.74, 6) is -0.968. The molecule has 5 heteroatoms. The molecule has 0 aliphatic carbocycles. The summed E-state index contributed by atoms with van der Waals surface area (Å²) in [5, 5.41) is 14.3. The van der Waals surface area contributed by atoms with Gasteiger partial charge in [0.2, 0.25) is 0 Å². The Morgan fingerprint density at radius 1 is 1.39 bits per heavy atom. The number of rotatable bonds is 2. The number of aromatic nitrogens is 3. The van der Waals surface area contributed by atoms with Crippen LogP contribution in [0, 0.1) is 0 Å². The maximum absolute atomic E-state index is 11.2. The second-order valence-corrected chi connectivity index (χ2v) is 4.12. The number of aromatic carboxylic acids is 1. The molecule has 0 bridgehead atoms. The number of fused-ring (bicyclic) bond motifs is 1. The summed E-state index contributed by atoms with van der Waals surface area (Å²) in [7, 11) is 1.74. The molecule has 0 saturated carbocycles. The summed E-state index contributed by atoms with van der Waals surface area (Å²) in [5.41, 5.74) is 2.63. The zero-order valence-electron chi connectivity index (χ0n) is 9.71. The number of carboxylic acid groups (broad SMARTS) is 1. The van der Waals surface area contributed by atoms with E-state index in [9.17, 15) is 4.79 Å². The van der Waals surface area contributed by atoms with Crippen molar-refractivity contribution in [2.75, 3.05) is 0 Å². The molecule has 90 valence electrons. The summed E-state index contributed by atoms with van der Waals surface area (Å²) in [6, 6.07) is 7.76. The number of H-pyrrole nitrogens is 1. The van der Waals surface area contributed by atoms with Crippen LogP contribution in [0.1, 0.15) is 10.4 Å². The Labute approximate surface area is 103 Å². The summed E-state index contributed by atoms with van der Waals surface area (Å²) in [6.45, 7) is 0. The van der Waals surface area contributed by atoms with Gasteiger partial charge < -0.3 is 10.1 Å². The van der Waals surface area contributed by atoms with Crippen molar-refractivity contribution in [1.82, 2.24) is 14.8 Å². The fraction of sp³-hybridized carbons (Fsp3) is 0.0769. The van der Waals surface area contributed by atoms with E-state index in [-0.39, 0.29) is 5.56 Å². The van der Waals surface area contributed by atoms with Crippen molar-refractivity contribution in [3.8, 4) is 11.3 Å². The van der Waals surface area contributed by atoms with Crippen molar-refractivity contribution in [2.24, 2.45) is 7.05 Å². The van der Waals surface area contributed by atoms with Gasteiger partial charge in [-0.2, -0.15) is 5.10 Å². The van der Waals surface area contributed by atoms with Gasteiger partial charge in [0, 0.05) is 24.3 Å². The molecular formula is C13H11N3O2. The summed E-state index contributed by atoms with van der Waals surface area (Å²) >= 11 is 0. The lowest BCUT2D eigenvalue weighted by molar-refractivity contribution is 0.0697. The third-order valence-corrected chi connectivity index (χ3v) is 3.00. The first-order chi connectivity index (χ1) is 8.66. The Morgan fingerprint density at radius 2 is 2.22 bits per heavy atom. The molecular weight excluding hydrogens is 230 g/mol. The topological polar surface area (TPSA) is 70.9 Å². The molecule has 0 fully saturated rings. The van der Waals surface area contributed by atoms with Gasteiger partial charge in [-0.05, 0) is 17.5 Å². The number of carbonyl (C=O) groups is 1. The Hall–Kier alpha value is -2.56. The molecule has 3 rings (SSSR count). The monoisotopic (exact) mass is 241 g/mol. The van der Waals surface area contributed by atoms with E-state index in [1.54, 1.807) is 11.7 Å². The zero-order chi connectivity index (χ0) is 12.7. The van der Waals surface area contributed by atoms with Gasteiger partial charge in [0.05, 0.1) is 11.9 Å². The second kappa shape index (κ2) is 3.73. The molecule has 0 aliphatic heterocycles. The number of hydrogen-bond acceptors (Lipinski definition) is 2. The third-order valence-electron chi connectivity index (χ3n) is 3.00. The van der Waals surface area contributed by atoms with Crippen molar-refractivity contribution in [3.63, 3.8) is 0 Å². The average Bonchev–Trinajstić information content (AvgIpc) is 2.93. The lowest BCUT2D eigenvalue weighted by Gasteiger charge is -2.04. The minimum Gasteiger partial charge on any atom is -0.478 e. The summed E-state index contributed by atoms with van der Waals surface area (Å²) < 4.78 is 1.58. The highest BCUT2D eigenvalue weighted by Crippen LogP contribution is 2.26. The van der Waals surface area contributed by atoms with Crippen LogP contribution in [0.25, 0.3) is 22.2 Å². The van der Waals surface area contributed by atoms with Gasteiger partial charge in [-0.1, -0.05) is 12.1 Å². The molecule has 0 aliphatic rings. The van der Waals surface area contributed by atoms with E-state index >= 15 is 0 Å². The van der Waals surface area contributed by atoms with Crippen LogP contribution >= 0.6 is 0 Å². The van der Waals surface area contributed by atoms with E-state index < -0.39 is 5.97 Å². The van der Waals surface area contributed by atoms with Crippen LogP contribution in [-0.2, 0) is 7.05 Å². The molecule has 2 N–H and O–H groups in total. The van der Waals surface area contributed by atoms with Gasteiger partial charge in [0.1, 0.15) is 5.56 Å². The van der Waals surface area contributed by atoms with Crippen LogP contribution in [0.4, 0.5) is 0 Å². The summed E-state index contributed by atoms with van der Waals surface area (Å²) in [6.07, 6.45) is 3.23. The summed E-state index contributed by atoms with van der Waals surface area (Å²) in [4.78, 5) is 14.3. The van der Waals surface area contributed by atoms with Crippen LogP contribution in [0.3, 0.4) is 0 Å². The van der Waals surface area contributed by atoms with E-state index in [0.29, 0.717) is 5.69 Å². The van der Waals surface area contributed by atoms with Crippen LogP contribution in [-0.4, -0.2) is 25.8 Å². The number of benzene rings is 1.